The molecule has 1 unspecified atom stereocenters. The van der Waals surface area contributed by atoms with Crippen molar-refractivity contribution in [1.29, 1.82) is 0 Å². The van der Waals surface area contributed by atoms with E-state index in [2.05, 4.69) is 10.0 Å². The Kier molecular flexibility index (Phi) is 4.36. The van der Waals surface area contributed by atoms with Crippen molar-refractivity contribution in [2.75, 3.05) is 0 Å². The average molecular weight is 331 g/mol. The van der Waals surface area contributed by atoms with Gasteiger partial charge in [0.15, 0.2) is 0 Å². The lowest BCUT2D eigenvalue weighted by atomic mass is 10.1. The first-order valence-electron chi connectivity index (χ1n) is 6.33. The van der Waals surface area contributed by atoms with Crippen molar-refractivity contribution < 1.29 is 18.0 Å². The molecular formula is C13H15ClN2O4S. The summed E-state index contributed by atoms with van der Waals surface area (Å²) in [5.41, 5.74) is 1.000. The Morgan fingerprint density at radius 3 is 2.33 bits per heavy atom. The van der Waals surface area contributed by atoms with Crippen LogP contribution in [-0.2, 0) is 19.6 Å². The summed E-state index contributed by atoms with van der Waals surface area (Å²) in [4.78, 5) is 22.8. The van der Waals surface area contributed by atoms with Gasteiger partial charge in [0.05, 0.1) is 4.90 Å². The number of sulfonamides is 1. The second-order valence-electron chi connectivity index (χ2n) is 4.99. The van der Waals surface area contributed by atoms with Crippen LogP contribution in [0.1, 0.15) is 24.0 Å². The third-order valence-electron chi connectivity index (χ3n) is 3.23. The van der Waals surface area contributed by atoms with Crippen LogP contribution in [0, 0.1) is 13.8 Å². The molecule has 21 heavy (non-hydrogen) atoms. The van der Waals surface area contributed by atoms with E-state index >= 15 is 0 Å². The van der Waals surface area contributed by atoms with E-state index in [0.29, 0.717) is 16.1 Å². The fourth-order valence-corrected chi connectivity index (χ4v) is 4.38. The molecule has 0 saturated carbocycles. The number of amides is 2. The third kappa shape index (κ3) is 3.42. The molecule has 2 amide bonds. The van der Waals surface area contributed by atoms with E-state index in [9.17, 15) is 18.0 Å². The molecule has 1 aliphatic heterocycles. The van der Waals surface area contributed by atoms with Crippen molar-refractivity contribution in [3.63, 3.8) is 0 Å². The van der Waals surface area contributed by atoms with Crippen molar-refractivity contribution in [2.45, 2.75) is 37.6 Å². The van der Waals surface area contributed by atoms with Gasteiger partial charge in [-0.2, -0.15) is 4.72 Å². The topological polar surface area (TPSA) is 92.3 Å². The van der Waals surface area contributed by atoms with Crippen LogP contribution >= 0.6 is 11.6 Å². The number of carbonyl (C=O) groups excluding carboxylic acids is 2. The van der Waals surface area contributed by atoms with Crippen LogP contribution in [0.2, 0.25) is 5.02 Å². The summed E-state index contributed by atoms with van der Waals surface area (Å²) in [6, 6.07) is 2.16. The van der Waals surface area contributed by atoms with Gasteiger partial charge in [0, 0.05) is 11.4 Å². The Hall–Kier alpha value is -1.44. The first-order valence-corrected chi connectivity index (χ1v) is 8.19. The largest absolute Gasteiger partial charge is 0.295 e. The molecule has 1 fully saturated rings. The van der Waals surface area contributed by atoms with Crippen LogP contribution in [0.15, 0.2) is 17.0 Å². The zero-order chi connectivity index (χ0) is 15.8. The average Bonchev–Trinajstić information content (AvgIpc) is 2.30. The molecule has 0 radical (unpaired) electrons. The van der Waals surface area contributed by atoms with Crippen molar-refractivity contribution in [3.05, 3.63) is 28.3 Å². The van der Waals surface area contributed by atoms with Crippen molar-refractivity contribution in [3.8, 4) is 0 Å². The number of benzene rings is 1. The van der Waals surface area contributed by atoms with Gasteiger partial charge in [-0.25, -0.2) is 8.42 Å². The summed E-state index contributed by atoms with van der Waals surface area (Å²) in [6.45, 7) is 3.27. The van der Waals surface area contributed by atoms with Gasteiger partial charge >= 0.3 is 0 Å². The SMILES string of the molecule is Cc1cc(Cl)cc(C)c1S(=O)(=O)NC1CCC(=O)NC1=O. The maximum atomic E-state index is 12.5. The number of halogens is 1. The zero-order valence-electron chi connectivity index (χ0n) is 11.6. The van der Waals surface area contributed by atoms with E-state index in [1.54, 1.807) is 26.0 Å². The highest BCUT2D eigenvalue weighted by molar-refractivity contribution is 7.89. The summed E-state index contributed by atoms with van der Waals surface area (Å²) in [6.07, 6.45) is 0.257. The molecule has 1 aliphatic rings. The molecule has 1 aromatic rings. The molecular weight excluding hydrogens is 316 g/mol. The molecule has 1 atom stereocenters. The molecule has 0 aromatic heterocycles. The Morgan fingerprint density at radius 1 is 1.24 bits per heavy atom. The molecule has 114 valence electrons. The fraction of sp³-hybridized carbons (Fsp3) is 0.385. The molecule has 0 spiro atoms. The third-order valence-corrected chi connectivity index (χ3v) is 5.22. The van der Waals surface area contributed by atoms with Gasteiger partial charge < -0.3 is 0 Å². The summed E-state index contributed by atoms with van der Waals surface area (Å²) in [7, 11) is -3.87. The predicted molar refractivity (Wildman–Crippen MR) is 77.4 cm³/mol. The van der Waals surface area contributed by atoms with E-state index in [1.807, 2.05) is 0 Å². The monoisotopic (exact) mass is 330 g/mol. The molecule has 1 saturated heterocycles. The van der Waals surface area contributed by atoms with Crippen LogP contribution in [0.3, 0.4) is 0 Å². The maximum absolute atomic E-state index is 12.5. The highest BCUT2D eigenvalue weighted by atomic mass is 35.5. The Labute approximate surface area is 127 Å². The summed E-state index contributed by atoms with van der Waals surface area (Å²) >= 11 is 5.89. The number of carbonyl (C=O) groups is 2. The summed E-state index contributed by atoms with van der Waals surface area (Å²) < 4.78 is 27.3. The standard InChI is InChI=1S/C13H15ClN2O4S/c1-7-5-9(14)6-8(2)12(7)21(19,20)16-10-3-4-11(17)15-13(10)18/h5-6,10,16H,3-4H2,1-2H3,(H,15,17,18). The van der Waals surface area contributed by atoms with Crippen LogP contribution in [0.4, 0.5) is 0 Å². The fourth-order valence-electron chi connectivity index (χ4n) is 2.37. The minimum atomic E-state index is -3.87. The van der Waals surface area contributed by atoms with E-state index in [0.717, 1.165) is 0 Å². The minimum absolute atomic E-state index is 0.108. The second kappa shape index (κ2) is 5.75. The molecule has 2 N–H and O–H groups in total. The van der Waals surface area contributed by atoms with Crippen molar-refractivity contribution in [1.82, 2.24) is 10.0 Å². The quantitative estimate of drug-likeness (QED) is 0.810. The van der Waals surface area contributed by atoms with E-state index in [-0.39, 0.29) is 17.7 Å². The number of hydrogen-bond acceptors (Lipinski definition) is 4. The molecule has 0 bridgehead atoms. The number of imide groups is 1. The zero-order valence-corrected chi connectivity index (χ0v) is 13.1. The van der Waals surface area contributed by atoms with Crippen molar-refractivity contribution >= 4 is 33.4 Å². The van der Waals surface area contributed by atoms with E-state index in [1.165, 1.54) is 0 Å². The van der Waals surface area contributed by atoms with Gasteiger partial charge in [0.25, 0.3) is 0 Å². The highest BCUT2D eigenvalue weighted by Crippen LogP contribution is 2.25. The molecule has 2 rings (SSSR count). The summed E-state index contributed by atoms with van der Waals surface area (Å²) in [5, 5.41) is 2.56. The lowest BCUT2D eigenvalue weighted by molar-refractivity contribution is -0.134. The van der Waals surface area contributed by atoms with Gasteiger partial charge in [-0.05, 0) is 43.5 Å². The molecule has 8 heteroatoms. The number of piperidine rings is 1. The second-order valence-corrected chi connectivity index (χ2v) is 7.08. The predicted octanol–water partition coefficient (Wildman–Crippen LogP) is 1.04. The Balaban J connectivity index is 2.31. The molecule has 1 heterocycles. The van der Waals surface area contributed by atoms with Crippen LogP contribution in [0.25, 0.3) is 0 Å². The van der Waals surface area contributed by atoms with Gasteiger partial charge in [0.2, 0.25) is 21.8 Å². The van der Waals surface area contributed by atoms with Crippen LogP contribution < -0.4 is 10.0 Å². The lowest BCUT2D eigenvalue weighted by Gasteiger charge is -2.22. The Bertz CT molecular complexity index is 692. The molecule has 1 aromatic carbocycles. The number of rotatable bonds is 3. The smallest absolute Gasteiger partial charge is 0.244 e. The lowest BCUT2D eigenvalue weighted by Crippen LogP contribution is -2.52. The van der Waals surface area contributed by atoms with Crippen molar-refractivity contribution in [2.24, 2.45) is 0 Å². The Morgan fingerprint density at radius 2 is 1.81 bits per heavy atom. The maximum Gasteiger partial charge on any atom is 0.244 e. The van der Waals surface area contributed by atoms with Gasteiger partial charge in [-0.3, -0.25) is 14.9 Å². The minimum Gasteiger partial charge on any atom is -0.295 e. The van der Waals surface area contributed by atoms with Gasteiger partial charge in [0.1, 0.15) is 6.04 Å². The van der Waals surface area contributed by atoms with E-state index in [4.69, 9.17) is 11.6 Å². The van der Waals surface area contributed by atoms with Gasteiger partial charge in [-0.15, -0.1) is 0 Å². The summed E-state index contributed by atoms with van der Waals surface area (Å²) in [5.74, 6) is -1.02. The van der Waals surface area contributed by atoms with E-state index < -0.39 is 27.9 Å². The normalized spacial score (nSPS) is 19.5. The van der Waals surface area contributed by atoms with Gasteiger partial charge in [-0.1, -0.05) is 11.6 Å². The number of hydrogen-bond donors (Lipinski definition) is 2. The molecule has 0 aliphatic carbocycles. The van der Waals surface area contributed by atoms with Crippen LogP contribution in [-0.4, -0.2) is 26.3 Å². The van der Waals surface area contributed by atoms with Crippen LogP contribution in [0.5, 0.6) is 0 Å². The number of nitrogens with one attached hydrogen (secondary N) is 2. The first-order chi connectivity index (χ1) is 9.70. The number of aryl methyl sites for hydroxylation is 2. The first kappa shape index (κ1) is 15.9. The molecule has 6 nitrogen and oxygen atoms in total. The highest BCUT2D eigenvalue weighted by Gasteiger charge is 2.32.